The van der Waals surface area contributed by atoms with Crippen molar-refractivity contribution in [2.45, 2.75) is 31.5 Å². The first-order valence-corrected chi connectivity index (χ1v) is 6.14. The summed E-state index contributed by atoms with van der Waals surface area (Å²) in [6, 6.07) is 6.83. The molecule has 0 fully saturated rings. The maximum atomic E-state index is 12.1. The van der Waals surface area contributed by atoms with Crippen molar-refractivity contribution < 1.29 is 18.0 Å². The van der Waals surface area contributed by atoms with Gasteiger partial charge in [-0.05, 0) is 24.5 Å². The predicted octanol–water partition coefficient (Wildman–Crippen LogP) is 2.48. The molecule has 3 nitrogen and oxygen atoms in total. The minimum absolute atomic E-state index is 0.238. The summed E-state index contributed by atoms with van der Waals surface area (Å²) in [5.74, 6) is -0.271. The fourth-order valence-electron chi connectivity index (χ4n) is 2.09. The number of alkyl halides is 3. The van der Waals surface area contributed by atoms with Crippen molar-refractivity contribution in [2.75, 3.05) is 11.9 Å². The van der Waals surface area contributed by atoms with Gasteiger partial charge in [-0.15, -0.1) is 0 Å². The van der Waals surface area contributed by atoms with Crippen molar-refractivity contribution in [3.05, 3.63) is 29.8 Å². The highest BCUT2D eigenvalue weighted by molar-refractivity contribution is 5.96. The van der Waals surface area contributed by atoms with Gasteiger partial charge in [-0.2, -0.15) is 13.2 Å². The molecule has 1 unspecified atom stereocenters. The van der Waals surface area contributed by atoms with E-state index in [-0.39, 0.29) is 12.5 Å². The molecule has 0 saturated heterocycles. The summed E-state index contributed by atoms with van der Waals surface area (Å²) < 4.78 is 36.2. The average molecular weight is 272 g/mol. The zero-order valence-corrected chi connectivity index (χ0v) is 10.3. The lowest BCUT2D eigenvalue weighted by Gasteiger charge is -2.15. The first-order valence-electron chi connectivity index (χ1n) is 6.14. The van der Waals surface area contributed by atoms with Gasteiger partial charge >= 0.3 is 6.18 Å². The van der Waals surface area contributed by atoms with E-state index in [1.165, 1.54) is 0 Å². The van der Waals surface area contributed by atoms with Gasteiger partial charge in [-0.1, -0.05) is 18.2 Å². The molecule has 2 N–H and O–H groups in total. The Morgan fingerprint density at radius 1 is 1.32 bits per heavy atom. The number of nitrogens with one attached hydrogen (secondary N) is 2. The van der Waals surface area contributed by atoms with E-state index in [1.807, 2.05) is 18.2 Å². The second-order valence-electron chi connectivity index (χ2n) is 4.56. The summed E-state index contributed by atoms with van der Waals surface area (Å²) in [7, 11) is 0. The van der Waals surface area contributed by atoms with Crippen molar-refractivity contribution >= 4 is 11.6 Å². The topological polar surface area (TPSA) is 41.1 Å². The molecule has 1 heterocycles. The van der Waals surface area contributed by atoms with E-state index in [0.29, 0.717) is 12.8 Å². The maximum absolute atomic E-state index is 12.1. The van der Waals surface area contributed by atoms with Crippen LogP contribution in [0.4, 0.5) is 18.9 Å². The molecule has 104 valence electrons. The Labute approximate surface area is 109 Å². The number of halogens is 3. The molecule has 1 aliphatic rings. The zero-order chi connectivity index (χ0) is 13.9. The monoisotopic (exact) mass is 272 g/mol. The summed E-state index contributed by atoms with van der Waals surface area (Å²) in [5, 5.41) is 5.41. The Kier molecular flexibility index (Phi) is 4.09. The standard InChI is InChI=1S/C13H15F3N2O/c14-13(15,16)7-8-17-11-6-5-9-3-1-2-4-10(9)18-12(11)19/h1-4,11,17H,5-8H2,(H,18,19). The molecule has 19 heavy (non-hydrogen) atoms. The van der Waals surface area contributed by atoms with Crippen molar-refractivity contribution in [2.24, 2.45) is 0 Å². The molecule has 0 aliphatic carbocycles. The van der Waals surface area contributed by atoms with Crippen LogP contribution in [0.25, 0.3) is 0 Å². The van der Waals surface area contributed by atoms with E-state index in [4.69, 9.17) is 0 Å². The van der Waals surface area contributed by atoms with Crippen LogP contribution in [0.15, 0.2) is 24.3 Å². The van der Waals surface area contributed by atoms with Crippen LogP contribution >= 0.6 is 0 Å². The number of rotatable bonds is 3. The molecule has 6 heteroatoms. The number of carbonyl (C=O) groups is 1. The Balaban J connectivity index is 1.93. The Hall–Kier alpha value is -1.56. The van der Waals surface area contributed by atoms with Crippen LogP contribution in [0.1, 0.15) is 18.4 Å². The molecule has 0 radical (unpaired) electrons. The van der Waals surface area contributed by atoms with E-state index in [0.717, 1.165) is 11.3 Å². The SMILES string of the molecule is O=C1Nc2ccccc2CCC1NCCC(F)(F)F. The molecule has 2 rings (SSSR count). The van der Waals surface area contributed by atoms with Gasteiger partial charge in [0.1, 0.15) is 0 Å². The molecule has 0 spiro atoms. The number of fused-ring (bicyclic) bond motifs is 1. The highest BCUT2D eigenvalue weighted by Gasteiger charge is 2.28. The Morgan fingerprint density at radius 3 is 2.79 bits per heavy atom. The van der Waals surface area contributed by atoms with Crippen LogP contribution in [-0.4, -0.2) is 24.7 Å². The van der Waals surface area contributed by atoms with Crippen LogP contribution in [0, 0.1) is 0 Å². The normalized spacial score (nSPS) is 19.5. The first-order chi connectivity index (χ1) is 8.96. The second-order valence-corrected chi connectivity index (χ2v) is 4.56. The van der Waals surface area contributed by atoms with E-state index >= 15 is 0 Å². The third kappa shape index (κ3) is 3.96. The number of carbonyl (C=O) groups excluding carboxylic acids is 1. The number of para-hydroxylation sites is 1. The van der Waals surface area contributed by atoms with E-state index in [9.17, 15) is 18.0 Å². The largest absolute Gasteiger partial charge is 0.390 e. The maximum Gasteiger partial charge on any atom is 0.390 e. The van der Waals surface area contributed by atoms with Gasteiger partial charge in [-0.3, -0.25) is 4.79 Å². The molecule has 1 aromatic rings. The molecule has 1 atom stereocenters. The fraction of sp³-hybridized carbons (Fsp3) is 0.462. The van der Waals surface area contributed by atoms with Gasteiger partial charge in [0.05, 0.1) is 12.5 Å². The number of hydrogen-bond acceptors (Lipinski definition) is 2. The van der Waals surface area contributed by atoms with Gasteiger partial charge in [0.25, 0.3) is 0 Å². The quantitative estimate of drug-likeness (QED) is 0.887. The molecular weight excluding hydrogens is 257 g/mol. The summed E-state index contributed by atoms with van der Waals surface area (Å²) >= 11 is 0. The van der Waals surface area contributed by atoms with Crippen molar-refractivity contribution in [1.82, 2.24) is 5.32 Å². The average Bonchev–Trinajstić information content (AvgIpc) is 2.48. The Morgan fingerprint density at radius 2 is 2.05 bits per heavy atom. The molecule has 1 amide bonds. The first kappa shape index (κ1) is 13.9. The zero-order valence-electron chi connectivity index (χ0n) is 10.3. The third-order valence-corrected chi connectivity index (χ3v) is 3.09. The van der Waals surface area contributed by atoms with E-state index < -0.39 is 18.6 Å². The van der Waals surface area contributed by atoms with Gasteiger partial charge in [0.15, 0.2) is 0 Å². The minimum Gasteiger partial charge on any atom is -0.324 e. The molecule has 0 saturated carbocycles. The molecular formula is C13H15F3N2O. The lowest BCUT2D eigenvalue weighted by atomic mass is 10.1. The van der Waals surface area contributed by atoms with Gasteiger partial charge in [-0.25, -0.2) is 0 Å². The minimum atomic E-state index is -4.20. The highest BCUT2D eigenvalue weighted by Crippen LogP contribution is 2.22. The summed E-state index contributed by atoms with van der Waals surface area (Å²) in [6.07, 6.45) is -3.96. The van der Waals surface area contributed by atoms with Crippen LogP contribution in [0.3, 0.4) is 0 Å². The molecule has 0 aromatic heterocycles. The fourth-order valence-corrected chi connectivity index (χ4v) is 2.09. The smallest absolute Gasteiger partial charge is 0.324 e. The van der Waals surface area contributed by atoms with E-state index in [1.54, 1.807) is 6.07 Å². The van der Waals surface area contributed by atoms with Crippen LogP contribution in [0.5, 0.6) is 0 Å². The second kappa shape index (κ2) is 5.61. The lowest BCUT2D eigenvalue weighted by Crippen LogP contribution is -2.41. The van der Waals surface area contributed by atoms with Crippen molar-refractivity contribution in [3.63, 3.8) is 0 Å². The van der Waals surface area contributed by atoms with Gasteiger partial charge in [0, 0.05) is 12.2 Å². The van der Waals surface area contributed by atoms with Gasteiger partial charge in [0.2, 0.25) is 5.91 Å². The molecule has 0 bridgehead atoms. The van der Waals surface area contributed by atoms with Gasteiger partial charge < -0.3 is 10.6 Å². The number of hydrogen-bond donors (Lipinski definition) is 2. The molecule has 1 aromatic carbocycles. The predicted molar refractivity (Wildman–Crippen MR) is 65.9 cm³/mol. The summed E-state index contributed by atoms with van der Waals surface area (Å²) in [6.45, 7) is -0.238. The lowest BCUT2D eigenvalue weighted by molar-refractivity contribution is -0.134. The number of anilines is 1. The Bertz CT molecular complexity index is 459. The van der Waals surface area contributed by atoms with Crippen LogP contribution in [0.2, 0.25) is 0 Å². The summed E-state index contributed by atoms with van der Waals surface area (Å²) in [5.41, 5.74) is 1.75. The van der Waals surface area contributed by atoms with Crippen LogP contribution < -0.4 is 10.6 Å². The summed E-state index contributed by atoms with van der Waals surface area (Å²) in [4.78, 5) is 11.9. The molecule has 1 aliphatic heterocycles. The number of benzene rings is 1. The third-order valence-electron chi connectivity index (χ3n) is 3.09. The number of amides is 1. The number of aryl methyl sites for hydroxylation is 1. The van der Waals surface area contributed by atoms with E-state index in [2.05, 4.69) is 10.6 Å². The van der Waals surface area contributed by atoms with Crippen LogP contribution in [-0.2, 0) is 11.2 Å². The van der Waals surface area contributed by atoms with Crippen molar-refractivity contribution in [3.8, 4) is 0 Å². The van der Waals surface area contributed by atoms with Crippen molar-refractivity contribution in [1.29, 1.82) is 0 Å². The highest BCUT2D eigenvalue weighted by atomic mass is 19.4.